The first kappa shape index (κ1) is 14.4. The summed E-state index contributed by atoms with van der Waals surface area (Å²) in [7, 11) is 3.63. The Kier molecular flexibility index (Phi) is 7.16. The van der Waals surface area contributed by atoms with E-state index in [1.54, 1.807) is 7.11 Å². The first-order valence-corrected chi connectivity index (χ1v) is 6.39. The molecule has 100 valence electrons. The SMILES string of the molecule is CNCC1CCN(CC(=O)NCCOC)CC1. The largest absolute Gasteiger partial charge is 0.383 e. The molecule has 0 bridgehead atoms. The van der Waals surface area contributed by atoms with Crippen LogP contribution in [0.15, 0.2) is 0 Å². The van der Waals surface area contributed by atoms with Crippen molar-refractivity contribution in [1.29, 1.82) is 0 Å². The Balaban J connectivity index is 2.10. The van der Waals surface area contributed by atoms with Gasteiger partial charge in [0.25, 0.3) is 0 Å². The summed E-state index contributed by atoms with van der Waals surface area (Å²) < 4.78 is 4.89. The maximum absolute atomic E-state index is 11.6. The minimum atomic E-state index is 0.106. The second-order valence-electron chi connectivity index (χ2n) is 4.62. The molecular formula is C12H25N3O2. The molecule has 0 radical (unpaired) electrons. The number of ether oxygens (including phenoxy) is 1. The van der Waals surface area contributed by atoms with E-state index in [-0.39, 0.29) is 5.91 Å². The fraction of sp³-hybridized carbons (Fsp3) is 0.917. The fourth-order valence-electron chi connectivity index (χ4n) is 2.19. The van der Waals surface area contributed by atoms with Crippen molar-refractivity contribution in [3.8, 4) is 0 Å². The number of piperidine rings is 1. The minimum absolute atomic E-state index is 0.106. The van der Waals surface area contributed by atoms with E-state index in [4.69, 9.17) is 4.74 Å². The summed E-state index contributed by atoms with van der Waals surface area (Å²) in [6.07, 6.45) is 2.37. The zero-order valence-corrected chi connectivity index (χ0v) is 11.0. The van der Waals surface area contributed by atoms with Gasteiger partial charge in [0.1, 0.15) is 0 Å². The molecule has 0 unspecified atom stereocenters. The van der Waals surface area contributed by atoms with Gasteiger partial charge < -0.3 is 15.4 Å². The summed E-state index contributed by atoms with van der Waals surface area (Å²) in [6, 6.07) is 0. The van der Waals surface area contributed by atoms with Crippen molar-refractivity contribution in [3.63, 3.8) is 0 Å². The van der Waals surface area contributed by atoms with Crippen molar-refractivity contribution in [2.75, 3.05) is 53.5 Å². The van der Waals surface area contributed by atoms with Gasteiger partial charge in [-0.05, 0) is 45.4 Å². The number of carbonyl (C=O) groups excluding carboxylic acids is 1. The molecule has 5 nitrogen and oxygen atoms in total. The first-order valence-electron chi connectivity index (χ1n) is 6.39. The fourth-order valence-corrected chi connectivity index (χ4v) is 2.19. The minimum Gasteiger partial charge on any atom is -0.383 e. The van der Waals surface area contributed by atoms with Gasteiger partial charge in [0.2, 0.25) is 5.91 Å². The second-order valence-corrected chi connectivity index (χ2v) is 4.62. The number of rotatable bonds is 7. The molecule has 1 amide bonds. The van der Waals surface area contributed by atoms with E-state index in [1.807, 2.05) is 7.05 Å². The van der Waals surface area contributed by atoms with Gasteiger partial charge in [-0.25, -0.2) is 0 Å². The molecule has 0 saturated carbocycles. The molecule has 1 aliphatic heterocycles. The Hall–Kier alpha value is -0.650. The molecular weight excluding hydrogens is 218 g/mol. The molecule has 0 aromatic rings. The highest BCUT2D eigenvalue weighted by molar-refractivity contribution is 5.77. The highest BCUT2D eigenvalue weighted by Gasteiger charge is 2.19. The van der Waals surface area contributed by atoms with Gasteiger partial charge in [-0.15, -0.1) is 0 Å². The van der Waals surface area contributed by atoms with Crippen molar-refractivity contribution in [3.05, 3.63) is 0 Å². The molecule has 0 aromatic carbocycles. The lowest BCUT2D eigenvalue weighted by Crippen LogP contribution is -2.43. The van der Waals surface area contributed by atoms with Crippen LogP contribution in [0.5, 0.6) is 0 Å². The second kappa shape index (κ2) is 8.44. The molecule has 1 heterocycles. The number of carbonyl (C=O) groups is 1. The van der Waals surface area contributed by atoms with Crippen LogP contribution in [0, 0.1) is 5.92 Å². The van der Waals surface area contributed by atoms with Crippen molar-refractivity contribution >= 4 is 5.91 Å². The number of hydrogen-bond acceptors (Lipinski definition) is 4. The third-order valence-corrected chi connectivity index (χ3v) is 3.20. The lowest BCUT2D eigenvalue weighted by atomic mass is 9.97. The van der Waals surface area contributed by atoms with Gasteiger partial charge in [0.05, 0.1) is 13.2 Å². The van der Waals surface area contributed by atoms with E-state index in [1.165, 1.54) is 12.8 Å². The molecule has 0 spiro atoms. The number of likely N-dealkylation sites (tertiary alicyclic amines) is 1. The summed E-state index contributed by atoms with van der Waals surface area (Å²) in [5.74, 6) is 0.877. The number of nitrogens with zero attached hydrogens (tertiary/aromatic N) is 1. The monoisotopic (exact) mass is 243 g/mol. The molecule has 2 N–H and O–H groups in total. The standard InChI is InChI=1S/C12H25N3O2/c1-13-9-11-3-6-15(7-4-11)10-12(16)14-5-8-17-2/h11,13H,3-10H2,1-2H3,(H,14,16). The topological polar surface area (TPSA) is 53.6 Å². The van der Waals surface area contributed by atoms with Crippen LogP contribution in [-0.4, -0.2) is 64.3 Å². The molecule has 5 heteroatoms. The Morgan fingerprint density at radius 1 is 1.41 bits per heavy atom. The molecule has 0 aliphatic carbocycles. The molecule has 1 fully saturated rings. The lowest BCUT2D eigenvalue weighted by molar-refractivity contribution is -0.122. The van der Waals surface area contributed by atoms with Crippen molar-refractivity contribution in [2.24, 2.45) is 5.92 Å². The normalized spacial score (nSPS) is 18.2. The Bertz CT molecular complexity index is 216. The average Bonchev–Trinajstić information content (AvgIpc) is 2.32. The highest BCUT2D eigenvalue weighted by Crippen LogP contribution is 2.15. The zero-order chi connectivity index (χ0) is 12.5. The Morgan fingerprint density at radius 3 is 2.71 bits per heavy atom. The maximum atomic E-state index is 11.6. The zero-order valence-electron chi connectivity index (χ0n) is 11.0. The maximum Gasteiger partial charge on any atom is 0.234 e. The molecule has 17 heavy (non-hydrogen) atoms. The third-order valence-electron chi connectivity index (χ3n) is 3.20. The van der Waals surface area contributed by atoms with Gasteiger partial charge in [-0.2, -0.15) is 0 Å². The van der Waals surface area contributed by atoms with Crippen LogP contribution in [0.3, 0.4) is 0 Å². The van der Waals surface area contributed by atoms with E-state index < -0.39 is 0 Å². The van der Waals surface area contributed by atoms with Crippen molar-refractivity contribution in [2.45, 2.75) is 12.8 Å². The van der Waals surface area contributed by atoms with Crippen LogP contribution >= 0.6 is 0 Å². The van der Waals surface area contributed by atoms with Crippen LogP contribution in [0.4, 0.5) is 0 Å². The van der Waals surface area contributed by atoms with E-state index >= 15 is 0 Å². The molecule has 1 saturated heterocycles. The Morgan fingerprint density at radius 2 is 2.12 bits per heavy atom. The smallest absolute Gasteiger partial charge is 0.234 e. The summed E-state index contributed by atoms with van der Waals surface area (Å²) >= 11 is 0. The first-order chi connectivity index (χ1) is 8.26. The molecule has 1 rings (SSSR count). The predicted octanol–water partition coefficient (Wildman–Crippen LogP) is -0.320. The number of methoxy groups -OCH3 is 1. The molecule has 0 atom stereocenters. The molecule has 0 aromatic heterocycles. The molecule has 1 aliphatic rings. The van der Waals surface area contributed by atoms with Crippen LogP contribution in [-0.2, 0) is 9.53 Å². The van der Waals surface area contributed by atoms with E-state index in [2.05, 4.69) is 15.5 Å². The van der Waals surface area contributed by atoms with Gasteiger partial charge in [-0.3, -0.25) is 9.69 Å². The average molecular weight is 243 g/mol. The van der Waals surface area contributed by atoms with Crippen LogP contribution in [0.2, 0.25) is 0 Å². The Labute approximate surface area is 104 Å². The van der Waals surface area contributed by atoms with Crippen LogP contribution in [0.25, 0.3) is 0 Å². The van der Waals surface area contributed by atoms with Crippen molar-refractivity contribution in [1.82, 2.24) is 15.5 Å². The van der Waals surface area contributed by atoms with Gasteiger partial charge in [-0.1, -0.05) is 0 Å². The number of hydrogen-bond donors (Lipinski definition) is 2. The van der Waals surface area contributed by atoms with Gasteiger partial charge in [0.15, 0.2) is 0 Å². The van der Waals surface area contributed by atoms with Crippen LogP contribution in [0.1, 0.15) is 12.8 Å². The number of nitrogens with one attached hydrogen (secondary N) is 2. The highest BCUT2D eigenvalue weighted by atomic mass is 16.5. The summed E-state index contributed by atoms with van der Waals surface area (Å²) in [5, 5.41) is 6.06. The number of amides is 1. The summed E-state index contributed by atoms with van der Waals surface area (Å²) in [5.41, 5.74) is 0. The van der Waals surface area contributed by atoms with E-state index in [0.29, 0.717) is 19.7 Å². The quantitative estimate of drug-likeness (QED) is 0.602. The van der Waals surface area contributed by atoms with Crippen LogP contribution < -0.4 is 10.6 Å². The summed E-state index contributed by atoms with van der Waals surface area (Å²) in [4.78, 5) is 13.8. The summed E-state index contributed by atoms with van der Waals surface area (Å²) in [6.45, 7) is 4.86. The third kappa shape index (κ3) is 6.00. The predicted molar refractivity (Wildman–Crippen MR) is 68.0 cm³/mol. The van der Waals surface area contributed by atoms with Gasteiger partial charge >= 0.3 is 0 Å². The lowest BCUT2D eigenvalue weighted by Gasteiger charge is -2.31. The van der Waals surface area contributed by atoms with Crippen molar-refractivity contribution < 1.29 is 9.53 Å². The van der Waals surface area contributed by atoms with Gasteiger partial charge in [0, 0.05) is 13.7 Å². The van der Waals surface area contributed by atoms with E-state index in [0.717, 1.165) is 25.6 Å². The van der Waals surface area contributed by atoms with E-state index in [9.17, 15) is 4.79 Å².